The number of methoxy groups -OCH3 is 1. The average Bonchev–Trinajstić information content (AvgIpc) is 3.82. The molecule has 17 heteroatoms. The maximum Gasteiger partial charge on any atom is 0.320 e. The van der Waals surface area contributed by atoms with Gasteiger partial charge in [-0.3, -0.25) is 24.4 Å². The number of benzene rings is 2. The molecule has 6 heterocycles. The number of aromatic hydroxyl groups is 2. The van der Waals surface area contributed by atoms with Gasteiger partial charge in [-0.1, -0.05) is 59.8 Å². The van der Waals surface area contributed by atoms with Gasteiger partial charge in [0.1, 0.15) is 28.6 Å². The zero-order chi connectivity index (χ0) is 51.0. The molecule has 1 spiro atoms. The highest BCUT2D eigenvalue weighted by atomic mass is 16.7. The molecular weight excluding hydrogens is 897 g/mol. The zero-order valence-corrected chi connectivity index (χ0v) is 42.9. The molecule has 0 aromatic heterocycles. The Kier molecular flexibility index (Phi) is 16.2. The Balaban J connectivity index is 1.29. The number of piperidine rings is 2. The van der Waals surface area contributed by atoms with Crippen LogP contribution in [-0.2, 0) is 23.8 Å². The molecule has 8 rings (SSSR count). The Hall–Kier alpha value is -4.91. The van der Waals surface area contributed by atoms with E-state index in [0.29, 0.717) is 44.3 Å². The van der Waals surface area contributed by atoms with Gasteiger partial charge >= 0.3 is 11.8 Å². The minimum atomic E-state index is -1.98. The molecule has 1 amide bonds. The van der Waals surface area contributed by atoms with Gasteiger partial charge in [0.25, 0.3) is 11.7 Å². The summed E-state index contributed by atoms with van der Waals surface area (Å²) in [6, 6.07) is 0. The van der Waals surface area contributed by atoms with Gasteiger partial charge in [0.2, 0.25) is 0 Å². The van der Waals surface area contributed by atoms with Crippen LogP contribution in [0.3, 0.4) is 0 Å². The van der Waals surface area contributed by atoms with E-state index < -0.39 is 82.9 Å². The molecule has 2 saturated heterocycles. The minimum Gasteiger partial charge on any atom is -0.507 e. The summed E-state index contributed by atoms with van der Waals surface area (Å²) in [7, 11) is 3.60. The highest BCUT2D eigenvalue weighted by Crippen LogP contribution is 2.50. The molecular formula is C53H76N6O11. The third kappa shape index (κ3) is 10.7. The molecule has 0 unspecified atom stereocenters. The molecule has 9 atom stereocenters. The van der Waals surface area contributed by atoms with E-state index in [4.69, 9.17) is 28.9 Å². The van der Waals surface area contributed by atoms with Gasteiger partial charge < -0.3 is 59.8 Å². The molecule has 0 saturated carbocycles. The van der Waals surface area contributed by atoms with Crippen molar-refractivity contribution in [3.8, 4) is 17.2 Å². The van der Waals surface area contributed by atoms with Gasteiger partial charge in [-0.2, -0.15) is 0 Å². The molecule has 384 valence electrons. The van der Waals surface area contributed by atoms with Gasteiger partial charge in [0.15, 0.2) is 11.4 Å². The average molecular weight is 973 g/mol. The van der Waals surface area contributed by atoms with Crippen molar-refractivity contribution in [1.82, 2.24) is 15.1 Å². The normalized spacial score (nSPS) is 31.9. The number of fused-ring (bicyclic) bond motifs is 13. The summed E-state index contributed by atoms with van der Waals surface area (Å²) in [5.74, 6) is -6.06. The number of phenolic OH excluding ortho intramolecular Hbond substituents is 2. The van der Waals surface area contributed by atoms with Crippen LogP contribution in [-0.4, -0.2) is 144 Å². The first kappa shape index (κ1) is 52.9. The molecule has 0 radical (unpaired) electrons. The molecule has 5 bridgehead atoms. The Bertz CT molecular complexity index is 2530. The lowest BCUT2D eigenvalue weighted by Gasteiger charge is -2.38. The van der Waals surface area contributed by atoms with Crippen molar-refractivity contribution in [2.24, 2.45) is 45.5 Å². The van der Waals surface area contributed by atoms with Crippen LogP contribution in [0, 0.1) is 42.4 Å². The first-order valence-corrected chi connectivity index (χ1v) is 25.1. The van der Waals surface area contributed by atoms with Gasteiger partial charge in [-0.25, -0.2) is 0 Å². The van der Waals surface area contributed by atoms with Crippen molar-refractivity contribution in [3.63, 3.8) is 0 Å². The van der Waals surface area contributed by atoms with Gasteiger partial charge in [0.05, 0.1) is 47.4 Å². The van der Waals surface area contributed by atoms with Gasteiger partial charge in [0, 0.05) is 86.7 Å². The van der Waals surface area contributed by atoms with Gasteiger partial charge in [-0.15, -0.1) is 0 Å². The number of nitrogens with one attached hydrogen (secondary N) is 2. The number of anilines is 1. The number of hydrogen-bond donors (Lipinski definition) is 6. The minimum absolute atomic E-state index is 0.0378. The first-order chi connectivity index (χ1) is 33.1. The Labute approximate surface area is 411 Å². The smallest absolute Gasteiger partial charge is 0.320 e. The fourth-order valence-electron chi connectivity index (χ4n) is 10.8. The first-order valence-electron chi connectivity index (χ1n) is 25.1. The fourth-order valence-corrected chi connectivity index (χ4v) is 10.8. The lowest BCUT2D eigenvalue weighted by molar-refractivity contribution is -0.162. The maximum absolute atomic E-state index is 14.9. The summed E-state index contributed by atoms with van der Waals surface area (Å²) in [6.07, 6.45) is 7.08. The second kappa shape index (κ2) is 21.4. The van der Waals surface area contributed by atoms with Crippen LogP contribution in [0.4, 0.5) is 5.69 Å². The number of allylic oxidation sites excluding steroid dienone is 2. The second-order valence-electron chi connectivity index (χ2n) is 21.2. The number of likely N-dealkylation sites (tertiary alicyclic amines) is 2. The van der Waals surface area contributed by atoms with Crippen molar-refractivity contribution in [1.29, 1.82) is 0 Å². The predicted molar refractivity (Wildman–Crippen MR) is 265 cm³/mol. The molecule has 70 heavy (non-hydrogen) atoms. The number of ether oxygens (including phenoxy) is 4. The molecule has 6 aliphatic rings. The van der Waals surface area contributed by atoms with Crippen molar-refractivity contribution in [3.05, 3.63) is 58.0 Å². The molecule has 2 aromatic carbocycles. The van der Waals surface area contributed by atoms with E-state index in [-0.39, 0.29) is 61.9 Å². The summed E-state index contributed by atoms with van der Waals surface area (Å²) in [5.41, 5.74) is -0.576. The van der Waals surface area contributed by atoms with Crippen LogP contribution in [0.15, 0.2) is 46.1 Å². The molecule has 0 aliphatic carbocycles. The predicted octanol–water partition coefficient (Wildman–Crippen LogP) is 4.66. The van der Waals surface area contributed by atoms with Crippen LogP contribution in [0.25, 0.3) is 10.8 Å². The zero-order valence-electron chi connectivity index (χ0n) is 42.9. The van der Waals surface area contributed by atoms with Crippen molar-refractivity contribution in [2.45, 2.75) is 124 Å². The third-order valence-corrected chi connectivity index (χ3v) is 15.4. The van der Waals surface area contributed by atoms with Crippen molar-refractivity contribution >= 4 is 34.1 Å². The van der Waals surface area contributed by atoms with Crippen LogP contribution in [0.1, 0.15) is 97.0 Å². The monoisotopic (exact) mass is 973 g/mol. The fraction of sp³-hybridized carbons (Fsp3) is 0.642. The number of esters is 1. The lowest BCUT2D eigenvalue weighted by Crippen LogP contribution is -2.47. The Morgan fingerprint density at radius 2 is 1.61 bits per heavy atom. The molecule has 6 N–H and O–H groups in total. The largest absolute Gasteiger partial charge is 0.507 e. The summed E-state index contributed by atoms with van der Waals surface area (Å²) in [6.45, 7) is 21.0. The number of amides is 1. The number of nitrogens with zero attached hydrogens (tertiary/aromatic N) is 4. The topological polar surface area (TPSA) is 224 Å². The number of phenols is 2. The van der Waals surface area contributed by atoms with Crippen molar-refractivity contribution in [2.75, 3.05) is 65.3 Å². The van der Waals surface area contributed by atoms with E-state index in [1.165, 1.54) is 20.3 Å². The highest BCUT2D eigenvalue weighted by molar-refractivity contribution is 6.19. The number of aliphatic hydroxyl groups excluding tert-OH is 2. The van der Waals surface area contributed by atoms with Crippen LogP contribution < -0.4 is 26.1 Å². The molecule has 6 aliphatic heterocycles. The summed E-state index contributed by atoms with van der Waals surface area (Å²) >= 11 is 0. The number of Topliss-reactive ketones (excluding diaryl/α,β-unsaturated/α-hetero) is 1. The van der Waals surface area contributed by atoms with Gasteiger partial charge in [-0.05, 0) is 71.3 Å². The molecule has 2 fully saturated rings. The summed E-state index contributed by atoms with van der Waals surface area (Å²) < 4.78 is 24.8. The van der Waals surface area contributed by atoms with E-state index in [1.807, 2.05) is 6.92 Å². The van der Waals surface area contributed by atoms with E-state index in [0.717, 1.165) is 32.5 Å². The number of carbonyl (C=O) groups is 3. The third-order valence-electron chi connectivity index (χ3n) is 15.4. The highest BCUT2D eigenvalue weighted by Gasteiger charge is 2.50. The number of rotatable bonds is 8. The summed E-state index contributed by atoms with van der Waals surface area (Å²) in [4.78, 5) is 57.6. The standard InChI is InChI=1S/C53H76N6O11/c1-28(2)27-59-22-18-53(19-23-59)56-41-38-39-46(63)34(8)49-40(38)50(65)52(9,70-49)68-24-17-36(67-11)31(5)48(69-37(60)26-54-25-35-15-20-58(10)21-16-35)33(7)45(62)32(6)44(61)29(3)13-12-14-30(4)51(66)55-43(47(39)64)42(41)57-53/h12-14,17,24,28-29,31-33,35-36,44-45,48,54,61-64H,15-16,18-23,25-27H2,1-11H3,(H,55,66)/b13-12+,24-17+,30-14-/t29-,31+,32+,33+,36-,44-,45+,48+,52-/m0/s1. The van der Waals surface area contributed by atoms with Crippen LogP contribution in [0.2, 0.25) is 0 Å². The summed E-state index contributed by atoms with van der Waals surface area (Å²) in [5, 5.41) is 54.3. The van der Waals surface area contributed by atoms with E-state index in [9.17, 15) is 34.8 Å². The number of carbonyl (C=O) groups excluding carboxylic acids is 3. The van der Waals surface area contributed by atoms with E-state index >= 15 is 0 Å². The number of hydrogen-bond acceptors (Lipinski definition) is 16. The molecule has 2 aromatic rings. The maximum atomic E-state index is 14.9. The van der Waals surface area contributed by atoms with Crippen LogP contribution in [0.5, 0.6) is 17.2 Å². The van der Waals surface area contributed by atoms with Crippen molar-refractivity contribution < 1.29 is 53.8 Å². The van der Waals surface area contributed by atoms with E-state index in [1.54, 1.807) is 58.9 Å². The van der Waals surface area contributed by atoms with Crippen LogP contribution >= 0.6 is 0 Å². The molecule has 17 nitrogen and oxygen atoms in total. The second-order valence-corrected chi connectivity index (χ2v) is 21.2. The number of ketones is 1. The quantitative estimate of drug-likeness (QED) is 0.157. The van der Waals surface area contributed by atoms with E-state index in [2.05, 4.69) is 41.3 Å². The SMILES string of the molecule is CO[C@H]1/C=C/O[C@@]2(C)Oc3c(C)c(O)c4c(O)c(c5c(c4c3C2=O)=NC2(CCN(CC(C)C)CC2)N=5)NC(=O)/C(C)=C\C=C\[C@H](C)[C@H](O)[C@@H](C)[C@@H](O)[C@@H](C)[C@H](OC(=O)CNCC2CCN(C)CC2)[C@@H]1C. The lowest BCUT2D eigenvalue weighted by atomic mass is 9.78. The Morgan fingerprint density at radius 1 is 0.943 bits per heavy atom. The Morgan fingerprint density at radius 3 is 2.27 bits per heavy atom. The number of aliphatic hydroxyl groups is 2.